The fourth-order valence-electron chi connectivity index (χ4n) is 2.18. The maximum Gasteiger partial charge on any atom is 0.287 e. The molecule has 5 heteroatoms. The average molecular weight is 279 g/mol. The minimum atomic E-state index is -0.278. The van der Waals surface area contributed by atoms with Crippen LogP contribution in [0.4, 0.5) is 0 Å². The highest BCUT2D eigenvalue weighted by molar-refractivity contribution is 5.91. The number of rotatable bonds is 4. The smallest absolute Gasteiger partial charge is 0.287 e. The highest BCUT2D eigenvalue weighted by atomic mass is 16.3. The summed E-state index contributed by atoms with van der Waals surface area (Å²) in [6.07, 6.45) is 6.87. The average Bonchev–Trinajstić information content (AvgIpc) is 3.14. The molecule has 1 N–H and O–H groups in total. The number of hydrogen-bond donors (Lipinski definition) is 1. The Bertz CT molecular complexity index is 810. The lowest BCUT2D eigenvalue weighted by atomic mass is 10.3. The van der Waals surface area contributed by atoms with Gasteiger partial charge in [-0.3, -0.25) is 4.79 Å². The van der Waals surface area contributed by atoms with Gasteiger partial charge in [-0.05, 0) is 24.3 Å². The van der Waals surface area contributed by atoms with E-state index < -0.39 is 0 Å². The highest BCUT2D eigenvalue weighted by Gasteiger charge is 2.12. The van der Waals surface area contributed by atoms with Crippen LogP contribution in [0.2, 0.25) is 0 Å². The summed E-state index contributed by atoms with van der Waals surface area (Å²) in [6.45, 7) is 0.697. The lowest BCUT2D eigenvalue weighted by Gasteiger charge is -2.06. The summed E-state index contributed by atoms with van der Waals surface area (Å²) in [4.78, 5) is 16.4. The van der Waals surface area contributed by atoms with Crippen molar-refractivity contribution in [3.05, 3.63) is 54.2 Å². The predicted molar refractivity (Wildman–Crippen MR) is 78.4 cm³/mol. The maximum absolute atomic E-state index is 11.9. The minimum absolute atomic E-state index is 0.273. The van der Waals surface area contributed by atoms with Crippen LogP contribution in [-0.2, 0) is 13.1 Å². The molecule has 0 saturated carbocycles. The van der Waals surface area contributed by atoms with Crippen molar-refractivity contribution in [3.8, 4) is 12.3 Å². The molecule has 3 aromatic rings. The molecule has 1 aromatic carbocycles. The monoisotopic (exact) mass is 279 g/mol. The van der Waals surface area contributed by atoms with E-state index in [-0.39, 0.29) is 18.2 Å². The van der Waals surface area contributed by atoms with Crippen LogP contribution in [0, 0.1) is 12.3 Å². The number of carbonyl (C=O) groups excluding carboxylic acids is 1. The maximum atomic E-state index is 11.9. The second-order valence-corrected chi connectivity index (χ2v) is 4.47. The van der Waals surface area contributed by atoms with E-state index >= 15 is 0 Å². The molecule has 1 amide bonds. The van der Waals surface area contributed by atoms with Gasteiger partial charge >= 0.3 is 0 Å². The van der Waals surface area contributed by atoms with Gasteiger partial charge in [0.25, 0.3) is 5.91 Å². The van der Waals surface area contributed by atoms with Gasteiger partial charge in [-0.25, -0.2) is 4.98 Å². The predicted octanol–water partition coefficient (Wildman–Crippen LogP) is 2.19. The van der Waals surface area contributed by atoms with Crippen LogP contribution in [0.3, 0.4) is 0 Å². The normalized spacial score (nSPS) is 10.4. The summed E-state index contributed by atoms with van der Waals surface area (Å²) < 4.78 is 6.96. The van der Waals surface area contributed by atoms with E-state index in [0.29, 0.717) is 12.4 Å². The quantitative estimate of drug-likeness (QED) is 0.745. The van der Waals surface area contributed by atoms with Crippen LogP contribution in [0.1, 0.15) is 16.4 Å². The van der Waals surface area contributed by atoms with E-state index in [9.17, 15) is 4.79 Å². The van der Waals surface area contributed by atoms with Gasteiger partial charge in [0.05, 0.1) is 30.4 Å². The van der Waals surface area contributed by atoms with Gasteiger partial charge in [0, 0.05) is 0 Å². The van der Waals surface area contributed by atoms with Crippen molar-refractivity contribution < 1.29 is 9.21 Å². The van der Waals surface area contributed by atoms with E-state index in [2.05, 4.69) is 16.2 Å². The third-order valence-electron chi connectivity index (χ3n) is 3.14. The molecule has 0 aliphatic rings. The molecular weight excluding hydrogens is 266 g/mol. The summed E-state index contributed by atoms with van der Waals surface area (Å²) in [7, 11) is 0. The number of imidazole rings is 1. The number of para-hydroxylation sites is 2. The first-order chi connectivity index (χ1) is 10.3. The van der Waals surface area contributed by atoms with Gasteiger partial charge in [0.2, 0.25) is 0 Å². The SMILES string of the molecule is C#CCn1c(CNC(=O)c2ccco2)nc2ccccc21. The number of carbonyl (C=O) groups is 1. The summed E-state index contributed by atoms with van der Waals surface area (Å²) in [6, 6.07) is 11.0. The Labute approximate surface area is 121 Å². The van der Waals surface area contributed by atoms with Crippen molar-refractivity contribution in [1.29, 1.82) is 0 Å². The first-order valence-electron chi connectivity index (χ1n) is 6.49. The Morgan fingerprint density at radius 2 is 2.19 bits per heavy atom. The fourth-order valence-corrected chi connectivity index (χ4v) is 2.18. The lowest BCUT2D eigenvalue weighted by molar-refractivity contribution is 0.0922. The molecule has 0 atom stereocenters. The van der Waals surface area contributed by atoms with E-state index in [4.69, 9.17) is 10.8 Å². The minimum Gasteiger partial charge on any atom is -0.459 e. The summed E-state index contributed by atoms with van der Waals surface area (Å²) in [5, 5.41) is 2.78. The first kappa shape index (κ1) is 13.0. The van der Waals surface area contributed by atoms with E-state index in [1.807, 2.05) is 28.8 Å². The molecule has 5 nitrogen and oxygen atoms in total. The zero-order valence-corrected chi connectivity index (χ0v) is 11.2. The number of terminal acetylenes is 1. The Kier molecular flexibility index (Phi) is 3.44. The van der Waals surface area contributed by atoms with Crippen LogP contribution in [0.15, 0.2) is 47.1 Å². The first-order valence-corrected chi connectivity index (χ1v) is 6.49. The van der Waals surface area contributed by atoms with Crippen LogP contribution in [0.25, 0.3) is 11.0 Å². The Balaban J connectivity index is 1.85. The van der Waals surface area contributed by atoms with Crippen molar-refractivity contribution in [1.82, 2.24) is 14.9 Å². The number of hydrogen-bond acceptors (Lipinski definition) is 3. The molecule has 3 rings (SSSR count). The second-order valence-electron chi connectivity index (χ2n) is 4.47. The van der Waals surface area contributed by atoms with Crippen molar-refractivity contribution >= 4 is 16.9 Å². The van der Waals surface area contributed by atoms with Gasteiger partial charge in [-0.15, -0.1) is 6.42 Å². The number of fused-ring (bicyclic) bond motifs is 1. The van der Waals surface area contributed by atoms with Gasteiger partial charge in [-0.1, -0.05) is 18.1 Å². The molecular formula is C16H13N3O2. The van der Waals surface area contributed by atoms with Crippen molar-refractivity contribution in [2.45, 2.75) is 13.1 Å². The van der Waals surface area contributed by atoms with Crippen LogP contribution in [0.5, 0.6) is 0 Å². The Morgan fingerprint density at radius 3 is 2.95 bits per heavy atom. The summed E-state index contributed by atoms with van der Waals surface area (Å²) in [5.74, 6) is 3.32. The molecule has 2 aromatic heterocycles. The van der Waals surface area contributed by atoms with Gasteiger partial charge in [-0.2, -0.15) is 0 Å². The van der Waals surface area contributed by atoms with Crippen LogP contribution < -0.4 is 5.32 Å². The summed E-state index contributed by atoms with van der Waals surface area (Å²) in [5.41, 5.74) is 1.81. The molecule has 0 aliphatic heterocycles. The summed E-state index contributed by atoms with van der Waals surface area (Å²) >= 11 is 0. The third-order valence-corrected chi connectivity index (χ3v) is 3.14. The van der Waals surface area contributed by atoms with Crippen LogP contribution in [-0.4, -0.2) is 15.5 Å². The molecule has 0 spiro atoms. The zero-order valence-electron chi connectivity index (χ0n) is 11.2. The number of furan rings is 1. The molecule has 21 heavy (non-hydrogen) atoms. The van der Waals surface area contributed by atoms with Crippen molar-refractivity contribution in [2.24, 2.45) is 0 Å². The number of aromatic nitrogens is 2. The Morgan fingerprint density at radius 1 is 1.33 bits per heavy atom. The third kappa shape index (κ3) is 2.51. The molecule has 2 heterocycles. The number of benzene rings is 1. The fraction of sp³-hybridized carbons (Fsp3) is 0.125. The number of amides is 1. The molecule has 0 aliphatic carbocycles. The number of nitrogens with zero attached hydrogens (tertiary/aromatic N) is 2. The highest BCUT2D eigenvalue weighted by Crippen LogP contribution is 2.15. The van der Waals surface area contributed by atoms with Crippen molar-refractivity contribution in [3.63, 3.8) is 0 Å². The largest absolute Gasteiger partial charge is 0.459 e. The number of nitrogens with one attached hydrogen (secondary N) is 1. The molecule has 0 fully saturated rings. The standard InChI is InChI=1S/C16H13N3O2/c1-2-9-19-13-7-4-3-6-12(13)18-15(19)11-17-16(20)14-8-5-10-21-14/h1,3-8,10H,9,11H2,(H,17,20). The molecule has 104 valence electrons. The van der Waals surface area contributed by atoms with Crippen molar-refractivity contribution in [2.75, 3.05) is 0 Å². The van der Waals surface area contributed by atoms with Gasteiger partial charge in [0.15, 0.2) is 5.76 Å². The molecule has 0 radical (unpaired) electrons. The molecule has 0 saturated heterocycles. The Hall–Kier alpha value is -3.00. The molecule has 0 bridgehead atoms. The topological polar surface area (TPSA) is 60.1 Å². The molecule has 0 unspecified atom stereocenters. The lowest BCUT2D eigenvalue weighted by Crippen LogP contribution is -2.24. The zero-order chi connectivity index (χ0) is 14.7. The van der Waals surface area contributed by atoms with Crippen LogP contribution >= 0.6 is 0 Å². The van der Waals surface area contributed by atoms with E-state index in [1.165, 1.54) is 6.26 Å². The second kappa shape index (κ2) is 5.55. The van der Waals surface area contributed by atoms with E-state index in [1.54, 1.807) is 12.1 Å². The van der Waals surface area contributed by atoms with E-state index in [0.717, 1.165) is 11.0 Å². The van der Waals surface area contributed by atoms with Gasteiger partial charge < -0.3 is 14.3 Å². The van der Waals surface area contributed by atoms with Gasteiger partial charge in [0.1, 0.15) is 5.82 Å².